The van der Waals surface area contributed by atoms with Crippen LogP contribution in [0.2, 0.25) is 0 Å². The minimum atomic E-state index is -3.39. The highest BCUT2D eigenvalue weighted by molar-refractivity contribution is 7.90. The van der Waals surface area contributed by atoms with Crippen LogP contribution in [-0.4, -0.2) is 37.4 Å². The number of ether oxygens (including phenoxy) is 1. The summed E-state index contributed by atoms with van der Waals surface area (Å²) in [5.41, 5.74) is 0.345. The first-order valence-electron chi connectivity index (χ1n) is 6.30. The van der Waals surface area contributed by atoms with Crippen LogP contribution in [0.4, 0.5) is 0 Å². The van der Waals surface area contributed by atoms with Gasteiger partial charge < -0.3 is 9.64 Å². The third-order valence-corrected chi connectivity index (χ3v) is 4.18. The second-order valence-electron chi connectivity index (χ2n) is 4.55. The van der Waals surface area contributed by atoms with Gasteiger partial charge in [-0.1, -0.05) is 18.2 Å². The molecule has 0 amide bonds. The van der Waals surface area contributed by atoms with E-state index in [2.05, 4.69) is 4.40 Å². The molecule has 0 radical (unpaired) electrons. The predicted molar refractivity (Wildman–Crippen MR) is 77.2 cm³/mol. The summed E-state index contributed by atoms with van der Waals surface area (Å²) in [6.45, 7) is 0.271. The molecule has 7 heteroatoms. The number of carbonyl (C=O) groups excluding carboxylic acids is 1. The highest BCUT2D eigenvalue weighted by Crippen LogP contribution is 2.18. The molecule has 0 spiro atoms. The van der Waals surface area contributed by atoms with Crippen LogP contribution >= 0.6 is 0 Å². The van der Waals surface area contributed by atoms with Crippen LogP contribution in [0, 0.1) is 0 Å². The molecule has 0 atom stereocenters. The average molecular weight is 304 g/mol. The van der Waals surface area contributed by atoms with E-state index in [4.69, 9.17) is 4.74 Å². The van der Waals surface area contributed by atoms with Gasteiger partial charge in [0.15, 0.2) is 0 Å². The molecule has 21 heavy (non-hydrogen) atoms. The lowest BCUT2D eigenvalue weighted by atomic mass is 10.2. The average Bonchev–Trinajstić information content (AvgIpc) is 2.47. The van der Waals surface area contributed by atoms with Gasteiger partial charge in [-0.3, -0.25) is 0 Å². The number of esters is 1. The minimum absolute atomic E-state index is 0.0676. The number of sulfonamides is 1. The maximum absolute atomic E-state index is 12.0. The zero-order valence-corrected chi connectivity index (χ0v) is 11.8. The number of hydrogen-bond donors (Lipinski definition) is 0. The quantitative estimate of drug-likeness (QED) is 0.604. The molecule has 1 aromatic carbocycles. The molecule has 1 aromatic rings. The van der Waals surface area contributed by atoms with Crippen molar-refractivity contribution in [1.29, 1.82) is 0 Å². The number of nitrogens with zero attached hydrogens (tertiary/aromatic N) is 2. The van der Waals surface area contributed by atoms with Crippen molar-refractivity contribution < 1.29 is 17.9 Å². The molecule has 2 aliphatic rings. The van der Waals surface area contributed by atoms with E-state index in [1.54, 1.807) is 35.4 Å². The number of benzene rings is 1. The van der Waals surface area contributed by atoms with Crippen molar-refractivity contribution in [3.8, 4) is 5.75 Å². The van der Waals surface area contributed by atoms with Gasteiger partial charge in [0, 0.05) is 12.7 Å². The fourth-order valence-electron chi connectivity index (χ4n) is 1.98. The Balaban J connectivity index is 1.78. The second-order valence-corrected chi connectivity index (χ2v) is 6.30. The first-order valence-corrected chi connectivity index (χ1v) is 7.91. The van der Waals surface area contributed by atoms with Crippen LogP contribution < -0.4 is 4.74 Å². The molecule has 0 aliphatic carbocycles. The third kappa shape index (κ3) is 3.03. The van der Waals surface area contributed by atoms with Crippen molar-refractivity contribution in [3.63, 3.8) is 0 Å². The number of amidine groups is 1. The highest BCUT2D eigenvalue weighted by atomic mass is 32.2. The molecule has 0 unspecified atom stereocenters. The summed E-state index contributed by atoms with van der Waals surface area (Å²) in [6.07, 6.45) is 4.55. The van der Waals surface area contributed by atoms with Gasteiger partial charge in [-0.05, 0) is 24.3 Å². The van der Waals surface area contributed by atoms with Crippen molar-refractivity contribution in [2.24, 2.45) is 4.40 Å². The van der Waals surface area contributed by atoms with Gasteiger partial charge in [0.25, 0.3) is 10.0 Å². The summed E-state index contributed by atoms with van der Waals surface area (Å²) in [4.78, 5) is 13.7. The summed E-state index contributed by atoms with van der Waals surface area (Å²) in [5.74, 6) is 0.210. The first kappa shape index (κ1) is 13.6. The van der Waals surface area contributed by atoms with Gasteiger partial charge >= 0.3 is 5.97 Å². The van der Waals surface area contributed by atoms with Crippen LogP contribution in [0.25, 0.3) is 0 Å². The Morgan fingerprint density at radius 1 is 1.19 bits per heavy atom. The fourth-order valence-corrected chi connectivity index (χ4v) is 2.95. The van der Waals surface area contributed by atoms with Crippen molar-refractivity contribution >= 4 is 21.8 Å². The smallest absolute Gasteiger partial charge is 0.345 e. The summed E-state index contributed by atoms with van der Waals surface area (Å²) in [7, 11) is -3.39. The second kappa shape index (κ2) is 5.17. The van der Waals surface area contributed by atoms with Gasteiger partial charge in [0.05, 0.1) is 11.3 Å². The summed E-state index contributed by atoms with van der Waals surface area (Å²) >= 11 is 0. The van der Waals surface area contributed by atoms with Crippen LogP contribution in [-0.2, 0) is 14.8 Å². The van der Waals surface area contributed by atoms with E-state index in [9.17, 15) is 13.2 Å². The molecule has 0 N–H and O–H groups in total. The van der Waals surface area contributed by atoms with E-state index in [1.165, 1.54) is 12.2 Å². The number of para-hydroxylation sites is 1. The predicted octanol–water partition coefficient (Wildman–Crippen LogP) is 1.09. The van der Waals surface area contributed by atoms with E-state index in [0.29, 0.717) is 17.2 Å². The SMILES string of the molecule is O=C(Oc1ccccc1)C1=CN2CCS(=O)(=O)N=C2C=C1. The van der Waals surface area contributed by atoms with Gasteiger partial charge in [-0.2, -0.15) is 0 Å². The van der Waals surface area contributed by atoms with Gasteiger partial charge in [-0.15, -0.1) is 4.40 Å². The summed E-state index contributed by atoms with van der Waals surface area (Å²) < 4.78 is 31.7. The Kier molecular flexibility index (Phi) is 3.34. The summed E-state index contributed by atoms with van der Waals surface area (Å²) in [5, 5.41) is 0. The molecular weight excluding hydrogens is 292 g/mol. The van der Waals surface area contributed by atoms with Crippen LogP contribution in [0.1, 0.15) is 0 Å². The third-order valence-electron chi connectivity index (χ3n) is 3.01. The molecular formula is C14H12N2O4S. The van der Waals surface area contributed by atoms with E-state index in [1.807, 2.05) is 6.07 Å². The van der Waals surface area contributed by atoms with E-state index >= 15 is 0 Å². The molecule has 0 saturated heterocycles. The molecule has 2 heterocycles. The zero-order valence-electron chi connectivity index (χ0n) is 11.0. The highest BCUT2D eigenvalue weighted by Gasteiger charge is 2.25. The maximum Gasteiger partial charge on any atom is 0.345 e. The van der Waals surface area contributed by atoms with Gasteiger partial charge in [-0.25, -0.2) is 13.2 Å². The minimum Gasteiger partial charge on any atom is -0.423 e. The normalized spacial score (nSPS) is 19.3. The Morgan fingerprint density at radius 3 is 2.71 bits per heavy atom. The largest absolute Gasteiger partial charge is 0.423 e. The number of fused-ring (bicyclic) bond motifs is 1. The van der Waals surface area contributed by atoms with E-state index in [-0.39, 0.29) is 12.3 Å². The molecule has 108 valence electrons. The first-order chi connectivity index (χ1) is 10.0. The van der Waals surface area contributed by atoms with E-state index in [0.717, 1.165) is 0 Å². The van der Waals surface area contributed by atoms with Crippen molar-refractivity contribution in [1.82, 2.24) is 4.90 Å². The monoisotopic (exact) mass is 304 g/mol. The lowest BCUT2D eigenvalue weighted by Gasteiger charge is -2.26. The van der Waals surface area contributed by atoms with Gasteiger partial charge in [0.1, 0.15) is 11.6 Å². The molecule has 3 rings (SSSR count). The lowest BCUT2D eigenvalue weighted by molar-refractivity contribution is -0.129. The lowest BCUT2D eigenvalue weighted by Crippen LogP contribution is -2.37. The van der Waals surface area contributed by atoms with Crippen LogP contribution in [0.15, 0.2) is 58.7 Å². The topological polar surface area (TPSA) is 76.0 Å². The number of hydrogen-bond acceptors (Lipinski definition) is 5. The molecule has 0 bridgehead atoms. The Bertz CT molecular complexity index is 763. The Morgan fingerprint density at radius 2 is 1.95 bits per heavy atom. The number of rotatable bonds is 2. The van der Waals surface area contributed by atoms with Crippen molar-refractivity contribution in [2.75, 3.05) is 12.3 Å². The van der Waals surface area contributed by atoms with Crippen molar-refractivity contribution in [3.05, 3.63) is 54.3 Å². The maximum atomic E-state index is 12.0. The van der Waals surface area contributed by atoms with Crippen LogP contribution in [0.3, 0.4) is 0 Å². The molecule has 2 aliphatic heterocycles. The molecule has 6 nitrogen and oxygen atoms in total. The van der Waals surface area contributed by atoms with Crippen LogP contribution in [0.5, 0.6) is 5.75 Å². The standard InChI is InChI=1S/C14H12N2O4S/c17-14(20-12-4-2-1-3-5-12)11-6-7-13-15-21(18,19)9-8-16(13)10-11/h1-7,10H,8-9H2. The fraction of sp³-hybridized carbons (Fsp3) is 0.143. The Hall–Kier alpha value is -2.41. The molecule has 0 aromatic heterocycles. The Labute approximate surface area is 122 Å². The van der Waals surface area contributed by atoms with Crippen molar-refractivity contribution in [2.45, 2.75) is 0 Å². The van der Waals surface area contributed by atoms with Gasteiger partial charge in [0.2, 0.25) is 0 Å². The summed E-state index contributed by atoms with van der Waals surface area (Å²) in [6, 6.07) is 8.74. The zero-order chi connectivity index (χ0) is 14.9. The number of carbonyl (C=O) groups is 1. The molecule has 0 fully saturated rings. The van der Waals surface area contributed by atoms with E-state index < -0.39 is 16.0 Å². The molecule has 0 saturated carbocycles.